The van der Waals surface area contributed by atoms with Crippen molar-refractivity contribution >= 4 is 0 Å². The van der Waals surface area contributed by atoms with Gasteiger partial charge in [0, 0.05) is 12.6 Å². The normalized spacial score (nSPS) is 11.7. The van der Waals surface area contributed by atoms with Gasteiger partial charge in [-0.1, -0.05) is 54.6 Å². The van der Waals surface area contributed by atoms with Gasteiger partial charge in [-0.2, -0.15) is 18.3 Å². The van der Waals surface area contributed by atoms with E-state index in [-0.39, 0.29) is 0 Å². The van der Waals surface area contributed by atoms with E-state index in [0.29, 0.717) is 12.1 Å². The second kappa shape index (κ2) is 5.91. The number of hydrogen-bond donors (Lipinski definition) is 0. The molecule has 0 saturated carbocycles. The predicted octanol–water partition coefficient (Wildman–Crippen LogP) is 4.70. The van der Waals surface area contributed by atoms with Crippen LogP contribution in [0.2, 0.25) is 0 Å². The largest absolute Gasteiger partial charge is 0.435 e. The van der Waals surface area contributed by atoms with Crippen LogP contribution in [0, 0.1) is 0 Å². The Bertz CT molecular complexity index is 805. The monoisotopic (exact) mass is 316 g/mol. The van der Waals surface area contributed by atoms with E-state index in [2.05, 4.69) is 5.10 Å². The van der Waals surface area contributed by atoms with Crippen LogP contribution < -0.4 is 0 Å². The smallest absolute Gasteiger partial charge is 0.267 e. The first kappa shape index (κ1) is 15.3. The molecule has 0 aliphatic rings. The summed E-state index contributed by atoms with van der Waals surface area (Å²) in [5.41, 5.74) is 2.43. The molecular formula is C18H15F3N2. The van der Waals surface area contributed by atoms with Crippen LogP contribution >= 0.6 is 0 Å². The minimum atomic E-state index is -4.44. The lowest BCUT2D eigenvalue weighted by Crippen LogP contribution is -2.06. The van der Waals surface area contributed by atoms with E-state index in [4.69, 9.17) is 0 Å². The molecule has 23 heavy (non-hydrogen) atoms. The molecule has 2 aromatic carbocycles. The summed E-state index contributed by atoms with van der Waals surface area (Å²) in [4.78, 5) is 0. The van der Waals surface area contributed by atoms with Crippen LogP contribution in [0.5, 0.6) is 0 Å². The summed E-state index contributed by atoms with van der Waals surface area (Å²) in [6.45, 7) is 0. The Kier molecular flexibility index (Phi) is 3.94. The summed E-state index contributed by atoms with van der Waals surface area (Å²) in [7, 11) is 1.53. The fourth-order valence-electron chi connectivity index (χ4n) is 2.60. The van der Waals surface area contributed by atoms with E-state index in [1.54, 1.807) is 0 Å². The van der Waals surface area contributed by atoms with Gasteiger partial charge in [-0.15, -0.1) is 0 Å². The number of aryl methyl sites for hydroxylation is 1. The average molecular weight is 316 g/mol. The van der Waals surface area contributed by atoms with Crippen LogP contribution in [0.3, 0.4) is 0 Å². The van der Waals surface area contributed by atoms with Gasteiger partial charge >= 0.3 is 6.18 Å². The summed E-state index contributed by atoms with van der Waals surface area (Å²) >= 11 is 0. The molecule has 1 heterocycles. The quantitative estimate of drug-likeness (QED) is 0.685. The molecule has 118 valence electrons. The van der Waals surface area contributed by atoms with E-state index < -0.39 is 11.9 Å². The topological polar surface area (TPSA) is 17.8 Å². The van der Waals surface area contributed by atoms with E-state index in [0.717, 1.165) is 22.8 Å². The number of nitrogens with zero attached hydrogens (tertiary/aromatic N) is 2. The van der Waals surface area contributed by atoms with Crippen molar-refractivity contribution in [3.63, 3.8) is 0 Å². The molecule has 3 rings (SSSR count). The molecule has 5 heteroatoms. The SMILES string of the molecule is Cn1nc(C(F)(F)F)cc1-c1ccccc1Cc1ccccc1. The maximum atomic E-state index is 12.9. The minimum Gasteiger partial charge on any atom is -0.267 e. The number of alkyl halides is 3. The molecule has 0 unspecified atom stereocenters. The highest BCUT2D eigenvalue weighted by Gasteiger charge is 2.34. The predicted molar refractivity (Wildman–Crippen MR) is 82.9 cm³/mol. The zero-order valence-electron chi connectivity index (χ0n) is 12.5. The molecule has 0 fully saturated rings. The Morgan fingerprint density at radius 3 is 2.26 bits per heavy atom. The molecule has 0 radical (unpaired) electrons. The van der Waals surface area contributed by atoms with Gasteiger partial charge < -0.3 is 0 Å². The van der Waals surface area contributed by atoms with Crippen molar-refractivity contribution in [1.29, 1.82) is 0 Å². The number of hydrogen-bond acceptors (Lipinski definition) is 1. The lowest BCUT2D eigenvalue weighted by molar-refractivity contribution is -0.141. The molecule has 2 nitrogen and oxygen atoms in total. The molecule has 0 aliphatic carbocycles. The zero-order valence-corrected chi connectivity index (χ0v) is 12.5. The van der Waals surface area contributed by atoms with Crippen molar-refractivity contribution in [2.24, 2.45) is 7.05 Å². The second-order valence-corrected chi connectivity index (χ2v) is 5.36. The first-order chi connectivity index (χ1) is 10.9. The van der Waals surface area contributed by atoms with E-state index >= 15 is 0 Å². The zero-order chi connectivity index (χ0) is 16.4. The number of benzene rings is 2. The fraction of sp³-hybridized carbons (Fsp3) is 0.167. The van der Waals surface area contributed by atoms with Crippen molar-refractivity contribution < 1.29 is 13.2 Å². The van der Waals surface area contributed by atoms with Gasteiger partial charge in [0.25, 0.3) is 0 Å². The van der Waals surface area contributed by atoms with Crippen molar-refractivity contribution in [1.82, 2.24) is 9.78 Å². The van der Waals surface area contributed by atoms with Gasteiger partial charge in [-0.25, -0.2) is 0 Å². The summed E-state index contributed by atoms with van der Waals surface area (Å²) < 4.78 is 39.9. The molecule has 0 aliphatic heterocycles. The van der Waals surface area contributed by atoms with Crippen LogP contribution in [0.25, 0.3) is 11.3 Å². The second-order valence-electron chi connectivity index (χ2n) is 5.36. The standard InChI is InChI=1S/C18H15F3N2/c1-23-16(12-17(22-23)18(19,20)21)15-10-6-5-9-14(15)11-13-7-3-2-4-8-13/h2-10,12H,11H2,1H3. The van der Waals surface area contributed by atoms with Gasteiger partial charge in [0.05, 0.1) is 5.69 Å². The maximum absolute atomic E-state index is 12.9. The first-order valence-electron chi connectivity index (χ1n) is 7.18. The fourth-order valence-corrected chi connectivity index (χ4v) is 2.60. The van der Waals surface area contributed by atoms with Crippen molar-refractivity contribution in [3.8, 4) is 11.3 Å². The molecule has 1 aromatic heterocycles. The van der Waals surface area contributed by atoms with E-state index in [1.807, 2.05) is 54.6 Å². The van der Waals surface area contributed by atoms with Gasteiger partial charge in [-0.05, 0) is 23.6 Å². The number of aromatic nitrogens is 2. The van der Waals surface area contributed by atoms with Gasteiger partial charge in [0.2, 0.25) is 0 Å². The van der Waals surface area contributed by atoms with Crippen molar-refractivity contribution in [2.75, 3.05) is 0 Å². The Balaban J connectivity index is 2.03. The molecule has 3 aromatic rings. The Labute approximate surface area is 132 Å². The highest BCUT2D eigenvalue weighted by atomic mass is 19.4. The molecular weight excluding hydrogens is 301 g/mol. The van der Waals surface area contributed by atoms with Gasteiger partial charge in [0.15, 0.2) is 5.69 Å². The van der Waals surface area contributed by atoms with Crippen LogP contribution in [0.1, 0.15) is 16.8 Å². The Morgan fingerprint density at radius 1 is 0.957 bits per heavy atom. The van der Waals surface area contributed by atoms with Crippen LogP contribution in [-0.4, -0.2) is 9.78 Å². The van der Waals surface area contributed by atoms with Gasteiger partial charge in [0.1, 0.15) is 0 Å². The average Bonchev–Trinajstić information content (AvgIpc) is 2.91. The lowest BCUT2D eigenvalue weighted by atomic mass is 9.98. The van der Waals surface area contributed by atoms with Crippen LogP contribution in [0.4, 0.5) is 13.2 Å². The highest BCUT2D eigenvalue weighted by Crippen LogP contribution is 2.33. The summed E-state index contributed by atoms with van der Waals surface area (Å²) in [5.74, 6) is 0. The third-order valence-corrected chi connectivity index (χ3v) is 3.70. The molecule has 0 spiro atoms. The molecule has 0 N–H and O–H groups in total. The molecule has 0 atom stereocenters. The lowest BCUT2D eigenvalue weighted by Gasteiger charge is -2.10. The Hall–Kier alpha value is -2.56. The third-order valence-electron chi connectivity index (χ3n) is 3.70. The third kappa shape index (κ3) is 3.28. The van der Waals surface area contributed by atoms with Crippen LogP contribution in [0.15, 0.2) is 60.7 Å². The number of halogens is 3. The van der Waals surface area contributed by atoms with Crippen molar-refractivity contribution in [3.05, 3.63) is 77.5 Å². The minimum absolute atomic E-state index is 0.462. The molecule has 0 amide bonds. The molecule has 0 bridgehead atoms. The van der Waals surface area contributed by atoms with Crippen molar-refractivity contribution in [2.45, 2.75) is 12.6 Å². The first-order valence-corrected chi connectivity index (χ1v) is 7.18. The summed E-state index contributed by atoms with van der Waals surface area (Å²) in [5, 5.41) is 3.60. The number of rotatable bonds is 3. The van der Waals surface area contributed by atoms with Gasteiger partial charge in [-0.3, -0.25) is 4.68 Å². The summed E-state index contributed by atoms with van der Waals surface area (Å²) in [6, 6.07) is 18.4. The van der Waals surface area contributed by atoms with Crippen LogP contribution in [-0.2, 0) is 19.6 Å². The maximum Gasteiger partial charge on any atom is 0.435 e. The van der Waals surface area contributed by atoms with E-state index in [1.165, 1.54) is 11.7 Å². The summed E-state index contributed by atoms with van der Waals surface area (Å²) in [6.07, 6.45) is -3.78. The van der Waals surface area contributed by atoms with E-state index in [9.17, 15) is 13.2 Å². The molecule has 0 saturated heterocycles. The highest BCUT2D eigenvalue weighted by molar-refractivity contribution is 5.65. The Morgan fingerprint density at radius 2 is 1.61 bits per heavy atom.